The summed E-state index contributed by atoms with van der Waals surface area (Å²) in [5.41, 5.74) is 1.64. The van der Waals surface area contributed by atoms with E-state index in [1.807, 2.05) is 19.1 Å². The molecule has 5 nitrogen and oxygen atoms in total. The van der Waals surface area contributed by atoms with E-state index in [9.17, 15) is 8.42 Å². The number of benzene rings is 2. The second kappa shape index (κ2) is 7.03. The Bertz CT molecular complexity index is 915. The molecule has 6 heteroatoms. The fourth-order valence-corrected chi connectivity index (χ4v) is 3.88. The molecule has 1 heterocycles. The number of nitrogens with zero attached hydrogens (tertiary/aromatic N) is 1. The number of ether oxygens (including phenoxy) is 1. The van der Waals surface area contributed by atoms with Crippen molar-refractivity contribution in [2.75, 3.05) is 11.4 Å². The average Bonchev–Trinajstić information content (AvgIpc) is 3.14. The molecule has 0 amide bonds. The van der Waals surface area contributed by atoms with Crippen molar-refractivity contribution in [1.29, 1.82) is 0 Å². The van der Waals surface area contributed by atoms with Crippen molar-refractivity contribution in [2.24, 2.45) is 0 Å². The van der Waals surface area contributed by atoms with E-state index in [1.165, 1.54) is 22.7 Å². The molecule has 1 aromatic heterocycles. The normalized spacial score (nSPS) is 11.3. The summed E-state index contributed by atoms with van der Waals surface area (Å²) >= 11 is 0. The van der Waals surface area contributed by atoms with Crippen LogP contribution in [-0.4, -0.2) is 15.5 Å². The Kier molecular flexibility index (Phi) is 4.81. The quantitative estimate of drug-likeness (QED) is 0.669. The molecular formula is C19H19NO4S. The minimum absolute atomic E-state index is 0.115. The number of methoxy groups -OCH3 is 1. The zero-order chi connectivity index (χ0) is 17.9. The van der Waals surface area contributed by atoms with Crippen LogP contribution in [-0.2, 0) is 16.6 Å². The van der Waals surface area contributed by atoms with Crippen molar-refractivity contribution in [1.82, 2.24) is 0 Å². The fourth-order valence-electron chi connectivity index (χ4n) is 2.45. The molecule has 3 rings (SSSR count). The maximum atomic E-state index is 13.2. The number of rotatable bonds is 6. The summed E-state index contributed by atoms with van der Waals surface area (Å²) in [5, 5.41) is 0. The summed E-state index contributed by atoms with van der Waals surface area (Å²) in [6, 6.07) is 17.2. The van der Waals surface area contributed by atoms with Gasteiger partial charge in [0.05, 0.1) is 30.5 Å². The van der Waals surface area contributed by atoms with Gasteiger partial charge in [-0.1, -0.05) is 17.7 Å². The Morgan fingerprint density at radius 2 is 1.68 bits per heavy atom. The highest BCUT2D eigenvalue weighted by Crippen LogP contribution is 2.27. The smallest absolute Gasteiger partial charge is 0.264 e. The van der Waals surface area contributed by atoms with Crippen LogP contribution in [0.5, 0.6) is 5.75 Å². The number of sulfonamides is 1. The molecule has 0 bridgehead atoms. The molecule has 0 spiro atoms. The molecule has 0 fully saturated rings. The Balaban J connectivity index is 2.03. The monoisotopic (exact) mass is 357 g/mol. The molecule has 2 aromatic carbocycles. The standard InChI is InChI=1S/C19H19NO4S/c1-15-5-7-16(8-6-15)20(14-18-4-3-13-24-18)25(21,22)19-11-9-17(23-2)10-12-19/h3-13H,14H2,1-2H3. The van der Waals surface area contributed by atoms with Crippen molar-refractivity contribution in [3.8, 4) is 5.75 Å². The lowest BCUT2D eigenvalue weighted by Crippen LogP contribution is -2.30. The minimum atomic E-state index is -3.75. The van der Waals surface area contributed by atoms with E-state index < -0.39 is 10.0 Å². The summed E-state index contributed by atoms with van der Waals surface area (Å²) in [6.07, 6.45) is 1.53. The average molecular weight is 357 g/mol. The van der Waals surface area contributed by atoms with Gasteiger partial charge in [0, 0.05) is 0 Å². The van der Waals surface area contributed by atoms with Crippen LogP contribution in [0.1, 0.15) is 11.3 Å². The molecule has 0 unspecified atom stereocenters. The third-order valence-corrected chi connectivity index (χ3v) is 5.64. The molecule has 0 saturated carbocycles. The zero-order valence-electron chi connectivity index (χ0n) is 14.0. The lowest BCUT2D eigenvalue weighted by molar-refractivity contribution is 0.414. The summed E-state index contributed by atoms with van der Waals surface area (Å²) in [6.45, 7) is 2.07. The first-order chi connectivity index (χ1) is 12.0. The van der Waals surface area contributed by atoms with Gasteiger partial charge >= 0.3 is 0 Å². The molecule has 0 saturated heterocycles. The molecule has 0 aliphatic heterocycles. The predicted octanol–water partition coefficient (Wildman–Crippen LogP) is 3.99. The lowest BCUT2D eigenvalue weighted by Gasteiger charge is -2.24. The number of furan rings is 1. The van der Waals surface area contributed by atoms with Crippen molar-refractivity contribution in [3.05, 3.63) is 78.3 Å². The minimum Gasteiger partial charge on any atom is -0.497 e. The van der Waals surface area contributed by atoms with Gasteiger partial charge in [-0.05, 0) is 55.5 Å². The highest BCUT2D eigenvalue weighted by Gasteiger charge is 2.26. The van der Waals surface area contributed by atoms with Crippen LogP contribution in [0.4, 0.5) is 5.69 Å². The van der Waals surface area contributed by atoms with Gasteiger partial charge in [0.2, 0.25) is 0 Å². The molecular weight excluding hydrogens is 338 g/mol. The van der Waals surface area contributed by atoms with Gasteiger partial charge < -0.3 is 9.15 Å². The van der Waals surface area contributed by atoms with E-state index in [-0.39, 0.29) is 11.4 Å². The van der Waals surface area contributed by atoms with Gasteiger partial charge in [0.25, 0.3) is 10.0 Å². The van der Waals surface area contributed by atoms with Gasteiger partial charge in [0.1, 0.15) is 11.5 Å². The molecule has 0 atom stereocenters. The molecule has 0 aliphatic carbocycles. The summed E-state index contributed by atoms with van der Waals surface area (Å²) < 4.78 is 38.2. The molecule has 130 valence electrons. The third kappa shape index (κ3) is 3.69. The fraction of sp³-hybridized carbons (Fsp3) is 0.158. The molecule has 0 radical (unpaired) electrons. The molecule has 0 aliphatic rings. The van der Waals surface area contributed by atoms with Crippen molar-refractivity contribution < 1.29 is 17.6 Å². The van der Waals surface area contributed by atoms with Crippen LogP contribution in [0, 0.1) is 6.92 Å². The van der Waals surface area contributed by atoms with E-state index >= 15 is 0 Å². The summed E-state index contributed by atoms with van der Waals surface area (Å²) in [5.74, 6) is 1.17. The van der Waals surface area contributed by atoms with E-state index in [0.29, 0.717) is 17.2 Å². The van der Waals surface area contributed by atoms with Crippen LogP contribution in [0.25, 0.3) is 0 Å². The SMILES string of the molecule is COc1ccc(S(=O)(=O)N(Cc2ccco2)c2ccc(C)cc2)cc1. The van der Waals surface area contributed by atoms with Crippen LogP contribution in [0.2, 0.25) is 0 Å². The Hall–Kier alpha value is -2.73. The first-order valence-electron chi connectivity index (χ1n) is 7.76. The predicted molar refractivity (Wildman–Crippen MR) is 96.2 cm³/mol. The highest BCUT2D eigenvalue weighted by atomic mass is 32.2. The largest absolute Gasteiger partial charge is 0.497 e. The molecule has 25 heavy (non-hydrogen) atoms. The lowest BCUT2D eigenvalue weighted by atomic mass is 10.2. The van der Waals surface area contributed by atoms with Gasteiger partial charge in [-0.15, -0.1) is 0 Å². The highest BCUT2D eigenvalue weighted by molar-refractivity contribution is 7.92. The summed E-state index contributed by atoms with van der Waals surface area (Å²) in [7, 11) is -2.21. The number of hydrogen-bond donors (Lipinski definition) is 0. The Morgan fingerprint density at radius 3 is 2.24 bits per heavy atom. The zero-order valence-corrected chi connectivity index (χ0v) is 14.9. The second-order valence-corrected chi connectivity index (χ2v) is 7.46. The number of anilines is 1. The van der Waals surface area contributed by atoms with Crippen LogP contribution < -0.4 is 9.04 Å². The topological polar surface area (TPSA) is 59.8 Å². The van der Waals surface area contributed by atoms with Crippen molar-refractivity contribution in [3.63, 3.8) is 0 Å². The Morgan fingerprint density at radius 1 is 1.00 bits per heavy atom. The van der Waals surface area contributed by atoms with E-state index in [2.05, 4.69) is 0 Å². The Labute approximate surface area is 147 Å². The molecule has 0 N–H and O–H groups in total. The maximum absolute atomic E-state index is 13.2. The van der Waals surface area contributed by atoms with Gasteiger partial charge in [0.15, 0.2) is 0 Å². The van der Waals surface area contributed by atoms with Crippen LogP contribution in [0.3, 0.4) is 0 Å². The molecule has 3 aromatic rings. The first-order valence-corrected chi connectivity index (χ1v) is 9.20. The number of aryl methyl sites for hydroxylation is 1. The van der Waals surface area contributed by atoms with Gasteiger partial charge in [-0.25, -0.2) is 8.42 Å². The van der Waals surface area contributed by atoms with Gasteiger partial charge in [-0.3, -0.25) is 4.31 Å². The van der Waals surface area contributed by atoms with Crippen molar-refractivity contribution in [2.45, 2.75) is 18.4 Å². The second-order valence-electron chi connectivity index (χ2n) is 5.60. The van der Waals surface area contributed by atoms with E-state index in [0.717, 1.165) is 5.56 Å². The van der Waals surface area contributed by atoms with Crippen LogP contribution in [0.15, 0.2) is 76.2 Å². The summed E-state index contributed by atoms with van der Waals surface area (Å²) in [4.78, 5) is 0.195. The third-order valence-electron chi connectivity index (χ3n) is 3.85. The maximum Gasteiger partial charge on any atom is 0.264 e. The van der Waals surface area contributed by atoms with E-state index in [1.54, 1.807) is 43.5 Å². The number of hydrogen-bond acceptors (Lipinski definition) is 4. The van der Waals surface area contributed by atoms with Crippen molar-refractivity contribution >= 4 is 15.7 Å². The first kappa shape index (κ1) is 17.1. The van der Waals surface area contributed by atoms with E-state index in [4.69, 9.17) is 9.15 Å². The van der Waals surface area contributed by atoms with Gasteiger partial charge in [-0.2, -0.15) is 0 Å². The van der Waals surface area contributed by atoms with Crippen LogP contribution >= 0.6 is 0 Å².